The molecule has 1 aromatic carbocycles. The largest absolute Gasteiger partial charge is 0.352 e. The predicted molar refractivity (Wildman–Crippen MR) is 140 cm³/mol. The molecule has 0 amide bonds. The normalized spacial score (nSPS) is 15.8. The van der Waals surface area contributed by atoms with Crippen molar-refractivity contribution in [1.29, 1.82) is 0 Å². The Kier molecular flexibility index (Phi) is 9.04. The Hall–Kier alpha value is -2.46. The highest BCUT2D eigenvalue weighted by Crippen LogP contribution is 2.25. The maximum absolute atomic E-state index is 4.53. The summed E-state index contributed by atoms with van der Waals surface area (Å²) in [5, 5.41) is 7.78. The number of aromatic nitrogens is 3. The Morgan fingerprint density at radius 1 is 1.06 bits per heavy atom. The highest BCUT2D eigenvalue weighted by molar-refractivity contribution is 14.0. The lowest BCUT2D eigenvalue weighted by Crippen LogP contribution is -2.52. The van der Waals surface area contributed by atoms with E-state index in [4.69, 9.17) is 0 Å². The van der Waals surface area contributed by atoms with Crippen molar-refractivity contribution >= 4 is 29.9 Å². The molecule has 32 heavy (non-hydrogen) atoms. The molecule has 0 bridgehead atoms. The summed E-state index contributed by atoms with van der Waals surface area (Å²) in [6.07, 6.45) is 6.60. The van der Waals surface area contributed by atoms with Gasteiger partial charge in [-0.2, -0.15) is 5.10 Å². The quantitative estimate of drug-likeness (QED) is 0.291. The first kappa shape index (κ1) is 24.2. The molecule has 1 aliphatic rings. The van der Waals surface area contributed by atoms with Gasteiger partial charge in [0.25, 0.3) is 0 Å². The molecule has 4 rings (SSSR count). The molecule has 1 fully saturated rings. The van der Waals surface area contributed by atoms with Crippen molar-refractivity contribution in [2.75, 3.05) is 33.2 Å². The third-order valence-corrected chi connectivity index (χ3v) is 5.84. The van der Waals surface area contributed by atoms with Crippen molar-refractivity contribution in [3.8, 4) is 5.82 Å². The summed E-state index contributed by atoms with van der Waals surface area (Å²) in [6, 6.07) is 17.3. The Labute approximate surface area is 207 Å². The monoisotopic (exact) mass is 545 g/mol. The van der Waals surface area contributed by atoms with Crippen LogP contribution in [0.3, 0.4) is 0 Å². The van der Waals surface area contributed by atoms with Crippen LogP contribution in [-0.2, 0) is 6.54 Å². The van der Waals surface area contributed by atoms with Gasteiger partial charge in [0.05, 0.1) is 0 Å². The maximum atomic E-state index is 4.53. The molecule has 1 N–H and O–H groups in total. The summed E-state index contributed by atoms with van der Waals surface area (Å²) < 4.78 is 1.77. The predicted octanol–water partition coefficient (Wildman–Crippen LogP) is 3.73. The first-order valence-corrected chi connectivity index (χ1v) is 11.0. The van der Waals surface area contributed by atoms with E-state index in [0.29, 0.717) is 12.6 Å². The lowest BCUT2D eigenvalue weighted by Gasteiger charge is -2.40. The smallest absolute Gasteiger partial charge is 0.194 e. The van der Waals surface area contributed by atoms with Gasteiger partial charge in [-0.05, 0) is 35.7 Å². The van der Waals surface area contributed by atoms with Gasteiger partial charge in [0, 0.05) is 64.4 Å². The molecule has 2 aromatic heterocycles. The van der Waals surface area contributed by atoms with Crippen LogP contribution in [0.25, 0.3) is 5.82 Å². The molecule has 8 heteroatoms. The van der Waals surface area contributed by atoms with Crippen molar-refractivity contribution in [3.63, 3.8) is 0 Å². The molecule has 0 aliphatic carbocycles. The summed E-state index contributed by atoms with van der Waals surface area (Å²) >= 11 is 0. The van der Waals surface area contributed by atoms with Crippen LogP contribution in [0.1, 0.15) is 30.5 Å². The third-order valence-electron chi connectivity index (χ3n) is 5.84. The standard InChI is InChI=1S/C24H31N7.HI/c1-3-22(21-8-5-4-6-9-21)29-14-16-30(17-15-29)24(25-2)27-19-20-10-12-26-23(18-20)31-13-7-11-28-31;/h4-13,18,22H,3,14-17,19H2,1-2H3,(H,25,27);1H. The Morgan fingerprint density at radius 2 is 1.84 bits per heavy atom. The summed E-state index contributed by atoms with van der Waals surface area (Å²) in [5.41, 5.74) is 2.56. The van der Waals surface area contributed by atoms with Gasteiger partial charge < -0.3 is 10.2 Å². The van der Waals surface area contributed by atoms with E-state index in [-0.39, 0.29) is 24.0 Å². The fraction of sp³-hybridized carbons (Fsp3) is 0.375. The average molecular weight is 545 g/mol. The SMILES string of the molecule is CCC(c1ccccc1)N1CCN(C(=NC)NCc2ccnc(-n3cccn3)c2)CC1.I. The van der Waals surface area contributed by atoms with Crippen molar-refractivity contribution in [2.45, 2.75) is 25.9 Å². The van der Waals surface area contributed by atoms with Crippen molar-refractivity contribution in [3.05, 3.63) is 78.2 Å². The zero-order valence-corrected chi connectivity index (χ0v) is 21.1. The number of nitrogens with one attached hydrogen (secondary N) is 1. The summed E-state index contributed by atoms with van der Waals surface area (Å²) in [7, 11) is 1.86. The maximum Gasteiger partial charge on any atom is 0.194 e. The second-order valence-corrected chi connectivity index (χ2v) is 7.73. The molecule has 3 aromatic rings. The number of piperazine rings is 1. The Morgan fingerprint density at radius 3 is 2.50 bits per heavy atom. The Bertz CT molecular complexity index is 967. The van der Waals surface area contributed by atoms with Crippen molar-refractivity contribution in [1.82, 2.24) is 29.9 Å². The van der Waals surface area contributed by atoms with Crippen LogP contribution in [0.15, 0.2) is 72.1 Å². The molecular formula is C24H32IN7. The molecule has 1 unspecified atom stereocenters. The number of benzene rings is 1. The van der Waals surface area contributed by atoms with E-state index in [9.17, 15) is 0 Å². The van der Waals surface area contributed by atoms with Crippen LogP contribution in [0.2, 0.25) is 0 Å². The molecule has 1 atom stereocenters. The van der Waals surface area contributed by atoms with E-state index >= 15 is 0 Å². The van der Waals surface area contributed by atoms with Crippen molar-refractivity contribution < 1.29 is 0 Å². The number of rotatable bonds is 6. The van der Waals surface area contributed by atoms with Crippen LogP contribution in [0, 0.1) is 0 Å². The van der Waals surface area contributed by atoms with Crippen LogP contribution < -0.4 is 5.32 Å². The first-order chi connectivity index (χ1) is 15.3. The van der Waals surface area contributed by atoms with Crippen LogP contribution in [0.4, 0.5) is 0 Å². The van der Waals surface area contributed by atoms with E-state index in [2.05, 4.69) is 73.5 Å². The molecule has 0 radical (unpaired) electrons. The zero-order chi connectivity index (χ0) is 21.5. The fourth-order valence-corrected chi connectivity index (χ4v) is 4.24. The lowest BCUT2D eigenvalue weighted by molar-refractivity contribution is 0.127. The second kappa shape index (κ2) is 12.0. The minimum atomic E-state index is 0. The van der Waals surface area contributed by atoms with Crippen molar-refractivity contribution in [2.24, 2.45) is 4.99 Å². The van der Waals surface area contributed by atoms with Crippen LogP contribution in [0.5, 0.6) is 0 Å². The van der Waals surface area contributed by atoms with E-state index in [0.717, 1.165) is 49.9 Å². The van der Waals surface area contributed by atoms with E-state index in [1.54, 1.807) is 10.9 Å². The highest BCUT2D eigenvalue weighted by Gasteiger charge is 2.25. The number of halogens is 1. The van der Waals surface area contributed by atoms with E-state index in [1.807, 2.05) is 31.6 Å². The lowest BCUT2D eigenvalue weighted by atomic mass is 10.0. The number of hydrogen-bond acceptors (Lipinski definition) is 4. The van der Waals surface area contributed by atoms with E-state index < -0.39 is 0 Å². The summed E-state index contributed by atoms with van der Waals surface area (Å²) in [4.78, 5) is 13.9. The molecule has 3 heterocycles. The molecular weight excluding hydrogens is 513 g/mol. The van der Waals surface area contributed by atoms with Gasteiger partial charge in [-0.3, -0.25) is 9.89 Å². The fourth-order valence-electron chi connectivity index (χ4n) is 4.24. The minimum Gasteiger partial charge on any atom is -0.352 e. The first-order valence-electron chi connectivity index (χ1n) is 11.0. The Balaban J connectivity index is 0.00000289. The highest BCUT2D eigenvalue weighted by atomic mass is 127. The molecule has 1 aliphatic heterocycles. The number of nitrogens with zero attached hydrogens (tertiary/aromatic N) is 6. The van der Waals surface area contributed by atoms with Gasteiger partial charge in [0.15, 0.2) is 11.8 Å². The number of hydrogen-bond donors (Lipinski definition) is 1. The number of pyridine rings is 1. The van der Waals surface area contributed by atoms with Gasteiger partial charge in [0.1, 0.15) is 0 Å². The van der Waals surface area contributed by atoms with Crippen LogP contribution >= 0.6 is 24.0 Å². The number of aliphatic imine (C=N–C) groups is 1. The van der Waals surface area contributed by atoms with Gasteiger partial charge in [0.2, 0.25) is 0 Å². The van der Waals surface area contributed by atoms with E-state index in [1.165, 1.54) is 5.56 Å². The summed E-state index contributed by atoms with van der Waals surface area (Å²) in [6.45, 7) is 6.98. The third kappa shape index (κ3) is 5.86. The van der Waals surface area contributed by atoms with Crippen LogP contribution in [-0.4, -0.2) is 63.8 Å². The second-order valence-electron chi connectivity index (χ2n) is 7.73. The molecule has 0 spiro atoms. The minimum absolute atomic E-state index is 0. The topological polar surface area (TPSA) is 61.6 Å². The molecule has 1 saturated heterocycles. The average Bonchev–Trinajstić information content (AvgIpc) is 3.37. The summed E-state index contributed by atoms with van der Waals surface area (Å²) in [5.74, 6) is 1.77. The number of guanidine groups is 1. The molecule has 170 valence electrons. The van der Waals surface area contributed by atoms with Gasteiger partial charge in [-0.25, -0.2) is 9.67 Å². The zero-order valence-electron chi connectivity index (χ0n) is 18.8. The van der Waals surface area contributed by atoms with Gasteiger partial charge >= 0.3 is 0 Å². The molecule has 7 nitrogen and oxygen atoms in total. The molecule has 0 saturated carbocycles. The van der Waals surface area contributed by atoms with Gasteiger partial charge in [-0.15, -0.1) is 24.0 Å². The van der Waals surface area contributed by atoms with Gasteiger partial charge in [-0.1, -0.05) is 37.3 Å².